The number of aryl methyl sites for hydroxylation is 2. The first kappa shape index (κ1) is 20.5. The van der Waals surface area contributed by atoms with Crippen molar-refractivity contribution < 1.29 is 14.4 Å². The topological polar surface area (TPSA) is 91.4 Å². The zero-order valence-electron chi connectivity index (χ0n) is 15.8. The van der Waals surface area contributed by atoms with Gasteiger partial charge in [-0.25, -0.2) is 4.98 Å². The van der Waals surface area contributed by atoms with Crippen LogP contribution in [0.4, 0.5) is 10.8 Å². The molecule has 0 spiro atoms. The molecule has 1 atom stereocenters. The second kappa shape index (κ2) is 8.40. The summed E-state index contributed by atoms with van der Waals surface area (Å²) < 4.78 is 0.971. The predicted octanol–water partition coefficient (Wildman–Crippen LogP) is 3.41. The molecule has 1 fully saturated rings. The van der Waals surface area contributed by atoms with E-state index >= 15 is 0 Å². The first-order valence-corrected chi connectivity index (χ1v) is 10.6. The minimum absolute atomic E-state index is 0.120. The van der Waals surface area contributed by atoms with Gasteiger partial charge in [-0.15, -0.1) is 11.3 Å². The number of thiazole rings is 1. The molecule has 28 heavy (non-hydrogen) atoms. The van der Waals surface area contributed by atoms with Gasteiger partial charge in [-0.3, -0.25) is 14.4 Å². The number of halogens is 1. The molecule has 1 aliphatic rings. The Morgan fingerprint density at radius 2 is 1.96 bits per heavy atom. The van der Waals surface area contributed by atoms with E-state index in [-0.39, 0.29) is 17.5 Å². The lowest BCUT2D eigenvalue weighted by Crippen LogP contribution is -2.52. The van der Waals surface area contributed by atoms with Crippen LogP contribution in [0, 0.1) is 13.8 Å². The molecule has 7 nitrogen and oxygen atoms in total. The standard InChI is InChI=1S/C19H21BrN4O3S/c1-10-7-13(20)8-11(2)16(10)24-6-4-5-14(18(24)27)22-17(26)15-9-28-19(23-15)21-12(3)25/h7-9,14H,4-6H2,1-3H3,(H,22,26)(H,21,23,25). The number of hydrogen-bond donors (Lipinski definition) is 2. The van der Waals surface area contributed by atoms with Crippen molar-refractivity contribution in [2.24, 2.45) is 0 Å². The van der Waals surface area contributed by atoms with Crippen LogP contribution < -0.4 is 15.5 Å². The average Bonchev–Trinajstić information content (AvgIpc) is 3.05. The molecule has 9 heteroatoms. The fourth-order valence-corrected chi connectivity index (χ4v) is 4.80. The van der Waals surface area contributed by atoms with Crippen molar-refractivity contribution >= 4 is 55.8 Å². The van der Waals surface area contributed by atoms with E-state index in [0.29, 0.717) is 18.1 Å². The number of rotatable bonds is 4. The van der Waals surface area contributed by atoms with Crippen LogP contribution in [-0.4, -0.2) is 35.3 Å². The van der Waals surface area contributed by atoms with Crippen LogP contribution in [0.3, 0.4) is 0 Å². The molecule has 2 aromatic rings. The van der Waals surface area contributed by atoms with Gasteiger partial charge in [0.15, 0.2) is 5.13 Å². The van der Waals surface area contributed by atoms with Crippen molar-refractivity contribution in [3.63, 3.8) is 0 Å². The van der Waals surface area contributed by atoms with E-state index in [2.05, 4.69) is 31.5 Å². The van der Waals surface area contributed by atoms with Crippen molar-refractivity contribution in [2.45, 2.75) is 39.7 Å². The Kier molecular flexibility index (Phi) is 6.14. The predicted molar refractivity (Wildman–Crippen MR) is 113 cm³/mol. The van der Waals surface area contributed by atoms with Crippen LogP contribution >= 0.6 is 27.3 Å². The fourth-order valence-electron chi connectivity index (χ4n) is 3.38. The molecule has 1 aromatic heterocycles. The summed E-state index contributed by atoms with van der Waals surface area (Å²) in [6, 6.07) is 3.36. The Morgan fingerprint density at radius 1 is 1.29 bits per heavy atom. The molecule has 1 unspecified atom stereocenters. The molecule has 1 aromatic carbocycles. The van der Waals surface area contributed by atoms with Gasteiger partial charge in [-0.2, -0.15) is 0 Å². The second-order valence-electron chi connectivity index (χ2n) is 6.77. The summed E-state index contributed by atoms with van der Waals surface area (Å²) in [7, 11) is 0. The van der Waals surface area contributed by atoms with Gasteiger partial charge in [0.05, 0.1) is 0 Å². The van der Waals surface area contributed by atoms with Crippen molar-refractivity contribution in [1.29, 1.82) is 0 Å². The normalized spacial score (nSPS) is 16.8. The van der Waals surface area contributed by atoms with E-state index in [1.54, 1.807) is 10.3 Å². The Morgan fingerprint density at radius 3 is 2.61 bits per heavy atom. The van der Waals surface area contributed by atoms with E-state index in [4.69, 9.17) is 0 Å². The number of nitrogens with zero attached hydrogens (tertiary/aromatic N) is 2. The largest absolute Gasteiger partial charge is 0.339 e. The third-order valence-corrected chi connectivity index (χ3v) is 5.71. The number of carbonyl (C=O) groups is 3. The summed E-state index contributed by atoms with van der Waals surface area (Å²) in [5, 5.41) is 7.26. The summed E-state index contributed by atoms with van der Waals surface area (Å²) >= 11 is 4.65. The molecular formula is C19H21BrN4O3S. The molecule has 1 saturated heterocycles. The Balaban J connectivity index is 1.75. The molecule has 1 aliphatic heterocycles. The summed E-state index contributed by atoms with van der Waals surface area (Å²) in [6.07, 6.45) is 1.37. The smallest absolute Gasteiger partial charge is 0.271 e. The molecule has 0 radical (unpaired) electrons. The fraction of sp³-hybridized carbons (Fsp3) is 0.368. The quantitative estimate of drug-likeness (QED) is 0.724. The number of piperidine rings is 1. The molecule has 2 heterocycles. The SMILES string of the molecule is CC(=O)Nc1nc(C(=O)NC2CCCN(c3c(C)cc(Br)cc3C)C2=O)cs1. The zero-order valence-corrected chi connectivity index (χ0v) is 18.2. The third-order valence-electron chi connectivity index (χ3n) is 4.49. The van der Waals surface area contributed by atoms with Gasteiger partial charge in [0.25, 0.3) is 5.91 Å². The number of hydrogen-bond acceptors (Lipinski definition) is 5. The van der Waals surface area contributed by atoms with E-state index in [0.717, 1.165) is 27.7 Å². The van der Waals surface area contributed by atoms with Crippen molar-refractivity contribution in [3.8, 4) is 0 Å². The molecule has 3 rings (SSSR count). The molecule has 0 aliphatic carbocycles. The molecule has 3 amide bonds. The van der Waals surface area contributed by atoms with Gasteiger partial charge in [0, 0.05) is 29.0 Å². The maximum Gasteiger partial charge on any atom is 0.271 e. The lowest BCUT2D eigenvalue weighted by Gasteiger charge is -2.34. The maximum atomic E-state index is 13.1. The van der Waals surface area contributed by atoms with Gasteiger partial charge < -0.3 is 15.5 Å². The molecule has 0 bridgehead atoms. The highest BCUT2D eigenvalue weighted by atomic mass is 79.9. The minimum atomic E-state index is -0.602. The lowest BCUT2D eigenvalue weighted by atomic mass is 10.0. The van der Waals surface area contributed by atoms with Crippen LogP contribution in [-0.2, 0) is 9.59 Å². The highest BCUT2D eigenvalue weighted by Crippen LogP contribution is 2.31. The number of carbonyl (C=O) groups excluding carboxylic acids is 3. The van der Waals surface area contributed by atoms with Crippen molar-refractivity contribution in [2.75, 3.05) is 16.8 Å². The molecule has 148 valence electrons. The Labute approximate surface area is 175 Å². The summed E-state index contributed by atoms with van der Waals surface area (Å²) in [6.45, 7) is 5.95. The summed E-state index contributed by atoms with van der Waals surface area (Å²) in [5.41, 5.74) is 3.10. The Hall–Kier alpha value is -2.26. The van der Waals surface area contributed by atoms with Gasteiger partial charge in [0.1, 0.15) is 11.7 Å². The van der Waals surface area contributed by atoms with Gasteiger partial charge >= 0.3 is 0 Å². The maximum absolute atomic E-state index is 13.1. The van der Waals surface area contributed by atoms with Crippen LogP contribution in [0.25, 0.3) is 0 Å². The first-order chi connectivity index (χ1) is 13.3. The summed E-state index contributed by atoms with van der Waals surface area (Å²) in [5.74, 6) is -0.789. The second-order valence-corrected chi connectivity index (χ2v) is 8.54. The Bertz CT molecular complexity index is 920. The monoisotopic (exact) mass is 464 g/mol. The zero-order chi connectivity index (χ0) is 20.4. The van der Waals surface area contributed by atoms with Gasteiger partial charge in [-0.05, 0) is 49.9 Å². The van der Waals surface area contributed by atoms with Crippen molar-refractivity contribution in [1.82, 2.24) is 10.3 Å². The molecule has 2 N–H and O–H groups in total. The highest BCUT2D eigenvalue weighted by molar-refractivity contribution is 9.10. The molecule has 0 saturated carbocycles. The van der Waals surface area contributed by atoms with E-state index in [9.17, 15) is 14.4 Å². The minimum Gasteiger partial charge on any atom is -0.339 e. The number of nitrogens with one attached hydrogen (secondary N) is 2. The third kappa shape index (κ3) is 4.41. The number of amides is 3. The van der Waals surface area contributed by atoms with Gasteiger partial charge in [0.2, 0.25) is 11.8 Å². The van der Waals surface area contributed by atoms with Crippen LogP contribution in [0.2, 0.25) is 0 Å². The number of aromatic nitrogens is 1. The van der Waals surface area contributed by atoms with E-state index < -0.39 is 11.9 Å². The summed E-state index contributed by atoms with van der Waals surface area (Å²) in [4.78, 5) is 42.5. The van der Waals surface area contributed by atoms with E-state index in [1.807, 2.05) is 26.0 Å². The van der Waals surface area contributed by atoms with Crippen LogP contribution in [0.5, 0.6) is 0 Å². The van der Waals surface area contributed by atoms with Crippen molar-refractivity contribution in [3.05, 3.63) is 38.8 Å². The highest BCUT2D eigenvalue weighted by Gasteiger charge is 2.32. The van der Waals surface area contributed by atoms with Gasteiger partial charge in [-0.1, -0.05) is 15.9 Å². The first-order valence-electron chi connectivity index (χ1n) is 8.88. The van der Waals surface area contributed by atoms with Crippen LogP contribution in [0.1, 0.15) is 41.4 Å². The number of anilines is 2. The van der Waals surface area contributed by atoms with Crippen LogP contribution in [0.15, 0.2) is 22.0 Å². The average molecular weight is 465 g/mol. The molecular weight excluding hydrogens is 444 g/mol. The lowest BCUT2D eigenvalue weighted by molar-refractivity contribution is -0.121. The number of benzene rings is 1. The van der Waals surface area contributed by atoms with E-state index in [1.165, 1.54) is 18.3 Å².